The smallest absolute Gasteiger partial charge is 0.119 e. The Morgan fingerprint density at radius 3 is 2.47 bits per heavy atom. The number of benzene rings is 1. The predicted molar refractivity (Wildman–Crippen MR) is 67.0 cm³/mol. The Morgan fingerprint density at radius 2 is 1.87 bits per heavy atom. The van der Waals surface area contributed by atoms with E-state index in [2.05, 4.69) is 29.2 Å². The zero-order valence-corrected chi connectivity index (χ0v) is 9.85. The Morgan fingerprint density at radius 1 is 1.20 bits per heavy atom. The van der Waals surface area contributed by atoms with Gasteiger partial charge in [-0.25, -0.2) is 0 Å². The van der Waals surface area contributed by atoms with Crippen molar-refractivity contribution >= 4 is 17.4 Å². The van der Waals surface area contributed by atoms with Gasteiger partial charge < -0.3 is 10.1 Å². The van der Waals surface area contributed by atoms with Gasteiger partial charge >= 0.3 is 0 Å². The van der Waals surface area contributed by atoms with Crippen LogP contribution in [0.25, 0.3) is 0 Å². The molecule has 0 aromatic heterocycles. The van der Waals surface area contributed by atoms with E-state index in [0.717, 1.165) is 5.75 Å². The van der Waals surface area contributed by atoms with Gasteiger partial charge in [0.25, 0.3) is 0 Å². The molecular weight excluding hydrogens is 206 g/mol. The van der Waals surface area contributed by atoms with Crippen molar-refractivity contribution in [3.8, 4) is 5.75 Å². The van der Waals surface area contributed by atoms with Gasteiger partial charge in [0, 0.05) is 11.7 Å². The standard InChI is InChI=1S/C12H17NOS/c1-14-12-4-2-10(3-5-12)13-11-6-8-15-9-7-11/h2-5,11,13H,6-9H2,1H3. The van der Waals surface area contributed by atoms with Gasteiger partial charge in [-0.15, -0.1) is 0 Å². The van der Waals surface area contributed by atoms with Crippen LogP contribution in [-0.4, -0.2) is 24.7 Å². The molecule has 0 amide bonds. The van der Waals surface area contributed by atoms with Crippen molar-refractivity contribution in [1.29, 1.82) is 0 Å². The van der Waals surface area contributed by atoms with Crippen LogP contribution in [0.3, 0.4) is 0 Å². The zero-order valence-electron chi connectivity index (χ0n) is 9.03. The van der Waals surface area contributed by atoms with Crippen LogP contribution >= 0.6 is 11.8 Å². The van der Waals surface area contributed by atoms with E-state index in [1.54, 1.807) is 7.11 Å². The molecule has 1 aliphatic heterocycles. The largest absolute Gasteiger partial charge is 0.497 e. The molecule has 1 N–H and O–H groups in total. The second-order valence-electron chi connectivity index (χ2n) is 3.76. The lowest BCUT2D eigenvalue weighted by Crippen LogP contribution is -2.24. The molecule has 15 heavy (non-hydrogen) atoms. The Labute approximate surface area is 95.4 Å². The van der Waals surface area contributed by atoms with Crippen LogP contribution in [0, 0.1) is 0 Å². The summed E-state index contributed by atoms with van der Waals surface area (Å²) in [5.74, 6) is 3.49. The molecule has 0 radical (unpaired) electrons. The maximum atomic E-state index is 5.13. The normalized spacial score (nSPS) is 17.4. The Balaban J connectivity index is 1.91. The number of methoxy groups -OCH3 is 1. The van der Waals surface area contributed by atoms with Gasteiger partial charge in [-0.2, -0.15) is 11.8 Å². The van der Waals surface area contributed by atoms with Crippen LogP contribution in [0.1, 0.15) is 12.8 Å². The second-order valence-corrected chi connectivity index (χ2v) is 4.98. The number of hydrogen-bond donors (Lipinski definition) is 1. The lowest BCUT2D eigenvalue weighted by Gasteiger charge is -2.23. The van der Waals surface area contributed by atoms with Gasteiger partial charge in [0.1, 0.15) is 5.75 Å². The summed E-state index contributed by atoms with van der Waals surface area (Å²) in [6.07, 6.45) is 2.55. The summed E-state index contributed by atoms with van der Waals surface area (Å²) in [7, 11) is 1.70. The van der Waals surface area contributed by atoms with Crippen LogP contribution < -0.4 is 10.1 Å². The molecule has 1 aromatic carbocycles. The summed E-state index contributed by atoms with van der Waals surface area (Å²) in [5, 5.41) is 3.56. The average Bonchev–Trinajstić information content (AvgIpc) is 2.31. The Kier molecular flexibility index (Phi) is 3.78. The van der Waals surface area contributed by atoms with E-state index in [9.17, 15) is 0 Å². The number of anilines is 1. The van der Waals surface area contributed by atoms with Gasteiger partial charge in [-0.05, 0) is 48.6 Å². The molecule has 2 nitrogen and oxygen atoms in total. The fourth-order valence-electron chi connectivity index (χ4n) is 1.76. The highest BCUT2D eigenvalue weighted by atomic mass is 32.2. The topological polar surface area (TPSA) is 21.3 Å². The quantitative estimate of drug-likeness (QED) is 0.851. The van der Waals surface area contributed by atoms with Crippen molar-refractivity contribution in [1.82, 2.24) is 0 Å². The Bertz CT molecular complexity index is 293. The second kappa shape index (κ2) is 5.31. The molecule has 82 valence electrons. The van der Waals surface area contributed by atoms with Crippen molar-refractivity contribution in [3.63, 3.8) is 0 Å². The van der Waals surface area contributed by atoms with Gasteiger partial charge in [0.15, 0.2) is 0 Å². The summed E-state index contributed by atoms with van der Waals surface area (Å²) in [6, 6.07) is 8.82. The highest BCUT2D eigenvalue weighted by Crippen LogP contribution is 2.22. The molecule has 1 saturated heterocycles. The van der Waals surface area contributed by atoms with Crippen LogP contribution in [0.2, 0.25) is 0 Å². The third-order valence-electron chi connectivity index (χ3n) is 2.68. The molecule has 0 aliphatic carbocycles. The van der Waals surface area contributed by atoms with E-state index < -0.39 is 0 Å². The Hall–Kier alpha value is -0.830. The zero-order chi connectivity index (χ0) is 10.5. The van der Waals surface area contributed by atoms with Gasteiger partial charge in [0.05, 0.1) is 7.11 Å². The number of hydrogen-bond acceptors (Lipinski definition) is 3. The SMILES string of the molecule is COc1ccc(NC2CCSCC2)cc1. The van der Waals surface area contributed by atoms with Crippen molar-refractivity contribution in [3.05, 3.63) is 24.3 Å². The summed E-state index contributed by atoms with van der Waals surface area (Å²) in [5.41, 5.74) is 1.20. The third-order valence-corrected chi connectivity index (χ3v) is 3.73. The summed E-state index contributed by atoms with van der Waals surface area (Å²) in [6.45, 7) is 0. The fraction of sp³-hybridized carbons (Fsp3) is 0.500. The molecule has 1 heterocycles. The van der Waals surface area contributed by atoms with E-state index in [1.807, 2.05) is 12.1 Å². The van der Waals surface area contributed by atoms with Crippen LogP contribution in [0.4, 0.5) is 5.69 Å². The third kappa shape index (κ3) is 3.06. The number of ether oxygens (including phenoxy) is 1. The molecule has 0 bridgehead atoms. The first-order valence-corrected chi connectivity index (χ1v) is 6.52. The van der Waals surface area contributed by atoms with Gasteiger partial charge in [-0.1, -0.05) is 0 Å². The van der Waals surface area contributed by atoms with E-state index in [4.69, 9.17) is 4.74 Å². The van der Waals surface area contributed by atoms with Crippen molar-refractivity contribution in [2.24, 2.45) is 0 Å². The minimum absolute atomic E-state index is 0.652. The molecule has 0 saturated carbocycles. The first-order chi connectivity index (χ1) is 7.38. The number of rotatable bonds is 3. The molecule has 2 rings (SSSR count). The summed E-state index contributed by atoms with van der Waals surface area (Å²) < 4.78 is 5.13. The van der Waals surface area contributed by atoms with Crippen molar-refractivity contribution < 1.29 is 4.74 Å². The average molecular weight is 223 g/mol. The van der Waals surface area contributed by atoms with Crippen LogP contribution in [0.5, 0.6) is 5.75 Å². The van der Waals surface area contributed by atoms with E-state index in [0.29, 0.717) is 6.04 Å². The van der Waals surface area contributed by atoms with Crippen LogP contribution in [0.15, 0.2) is 24.3 Å². The highest BCUT2D eigenvalue weighted by Gasteiger charge is 2.12. The predicted octanol–water partition coefficient (Wildman–Crippen LogP) is 3.00. The van der Waals surface area contributed by atoms with Gasteiger partial charge in [-0.3, -0.25) is 0 Å². The number of thioether (sulfide) groups is 1. The monoisotopic (exact) mass is 223 g/mol. The molecule has 1 aromatic rings. The lowest BCUT2D eigenvalue weighted by atomic mass is 10.1. The van der Waals surface area contributed by atoms with Crippen molar-refractivity contribution in [2.75, 3.05) is 23.9 Å². The van der Waals surface area contributed by atoms with E-state index in [-0.39, 0.29) is 0 Å². The maximum Gasteiger partial charge on any atom is 0.119 e. The number of nitrogens with one attached hydrogen (secondary N) is 1. The van der Waals surface area contributed by atoms with E-state index >= 15 is 0 Å². The first kappa shape index (κ1) is 10.7. The first-order valence-electron chi connectivity index (χ1n) is 5.37. The summed E-state index contributed by atoms with van der Waals surface area (Å²) >= 11 is 2.06. The lowest BCUT2D eigenvalue weighted by molar-refractivity contribution is 0.415. The molecule has 3 heteroatoms. The summed E-state index contributed by atoms with van der Waals surface area (Å²) in [4.78, 5) is 0. The molecule has 1 fully saturated rings. The highest BCUT2D eigenvalue weighted by molar-refractivity contribution is 7.99. The maximum absolute atomic E-state index is 5.13. The molecule has 1 aliphatic rings. The minimum atomic E-state index is 0.652. The molecule has 0 spiro atoms. The van der Waals surface area contributed by atoms with Crippen molar-refractivity contribution in [2.45, 2.75) is 18.9 Å². The molecule has 0 atom stereocenters. The van der Waals surface area contributed by atoms with Crippen LogP contribution in [-0.2, 0) is 0 Å². The molecule has 0 unspecified atom stereocenters. The minimum Gasteiger partial charge on any atom is -0.497 e. The van der Waals surface area contributed by atoms with Gasteiger partial charge in [0.2, 0.25) is 0 Å². The van der Waals surface area contributed by atoms with E-state index in [1.165, 1.54) is 30.0 Å². The fourth-order valence-corrected chi connectivity index (χ4v) is 2.87. The molecular formula is C12H17NOS.